The van der Waals surface area contributed by atoms with Crippen LogP contribution in [-0.4, -0.2) is 4.40 Å². The van der Waals surface area contributed by atoms with Crippen molar-refractivity contribution < 1.29 is 0 Å². The summed E-state index contributed by atoms with van der Waals surface area (Å²) in [7, 11) is 0. The van der Waals surface area contributed by atoms with Crippen molar-refractivity contribution >= 4 is 5.52 Å². The van der Waals surface area contributed by atoms with Crippen LogP contribution in [0.15, 0.2) is 79.1 Å². The van der Waals surface area contributed by atoms with Crippen molar-refractivity contribution in [1.29, 1.82) is 0 Å². The number of nitrogens with zero attached hydrogens (tertiary/aromatic N) is 1. The molecule has 0 aliphatic carbocycles. The van der Waals surface area contributed by atoms with Crippen LogP contribution >= 0.6 is 0 Å². The highest BCUT2D eigenvalue weighted by molar-refractivity contribution is 5.46. The van der Waals surface area contributed by atoms with Crippen molar-refractivity contribution in [3.8, 4) is 0 Å². The first-order chi connectivity index (χ1) is 7.47. The fraction of sp³-hybridized carbons (Fsp3) is 0. The van der Waals surface area contributed by atoms with E-state index in [0.29, 0.717) is 0 Å². The Morgan fingerprint density at radius 2 is 1.07 bits per heavy atom. The van der Waals surface area contributed by atoms with Crippen LogP contribution in [0.1, 0.15) is 0 Å². The number of rotatable bonds is 0. The number of aromatic nitrogens is 1. The second-order valence-electron chi connectivity index (χ2n) is 3.20. The number of pyridine rings is 1. The Kier molecular flexibility index (Phi) is 3.18. The number of hydrogen-bond acceptors (Lipinski definition) is 0. The van der Waals surface area contributed by atoms with E-state index in [9.17, 15) is 0 Å². The predicted molar refractivity (Wildman–Crippen MR) is 63.8 cm³/mol. The van der Waals surface area contributed by atoms with Gasteiger partial charge in [-0.1, -0.05) is 42.5 Å². The average Bonchev–Trinajstić information content (AvgIpc) is 2.80. The third-order valence-electron chi connectivity index (χ3n) is 2.10. The van der Waals surface area contributed by atoms with E-state index >= 15 is 0 Å². The van der Waals surface area contributed by atoms with Gasteiger partial charge in [-0.05, 0) is 24.3 Å². The Labute approximate surface area is 89.6 Å². The van der Waals surface area contributed by atoms with Gasteiger partial charge in [-0.2, -0.15) is 0 Å². The van der Waals surface area contributed by atoms with Crippen LogP contribution in [-0.2, 0) is 0 Å². The molecule has 0 atom stereocenters. The van der Waals surface area contributed by atoms with E-state index in [0.717, 1.165) is 0 Å². The topological polar surface area (TPSA) is 4.41 Å². The van der Waals surface area contributed by atoms with E-state index in [4.69, 9.17) is 0 Å². The van der Waals surface area contributed by atoms with Crippen molar-refractivity contribution in [2.75, 3.05) is 0 Å². The van der Waals surface area contributed by atoms with Gasteiger partial charge >= 0.3 is 0 Å². The smallest absolute Gasteiger partial charge is 0.0449 e. The lowest BCUT2D eigenvalue weighted by Gasteiger charge is -1.88. The van der Waals surface area contributed by atoms with E-state index in [1.165, 1.54) is 5.52 Å². The number of benzene rings is 1. The zero-order chi connectivity index (χ0) is 10.3. The molecule has 3 aromatic rings. The van der Waals surface area contributed by atoms with Gasteiger partial charge in [-0.15, -0.1) is 0 Å². The SMILES string of the molecule is c1ccccc1.c1ccn2cccc2c1. The molecule has 0 fully saturated rings. The Morgan fingerprint density at radius 3 is 1.67 bits per heavy atom. The quantitative estimate of drug-likeness (QED) is 0.516. The largest absolute Gasteiger partial charge is 0.324 e. The Morgan fingerprint density at radius 1 is 0.533 bits per heavy atom. The molecule has 1 aromatic carbocycles. The minimum absolute atomic E-state index is 1.25. The maximum atomic E-state index is 2.08. The lowest BCUT2D eigenvalue weighted by atomic mass is 10.4. The molecule has 0 bridgehead atoms. The van der Waals surface area contributed by atoms with Gasteiger partial charge < -0.3 is 4.40 Å². The second kappa shape index (κ2) is 5.01. The van der Waals surface area contributed by atoms with Crippen LogP contribution in [0.5, 0.6) is 0 Å². The summed E-state index contributed by atoms with van der Waals surface area (Å²) in [6.07, 6.45) is 4.07. The summed E-state index contributed by atoms with van der Waals surface area (Å²) in [6, 6.07) is 22.3. The molecule has 0 spiro atoms. The first kappa shape index (κ1) is 9.53. The van der Waals surface area contributed by atoms with Crippen LogP contribution in [0.4, 0.5) is 0 Å². The van der Waals surface area contributed by atoms with Crippen LogP contribution in [0.3, 0.4) is 0 Å². The maximum absolute atomic E-state index is 2.08. The molecular weight excluding hydrogens is 182 g/mol. The fourth-order valence-electron chi connectivity index (χ4n) is 1.37. The third kappa shape index (κ3) is 2.71. The average molecular weight is 195 g/mol. The Hall–Kier alpha value is -2.02. The van der Waals surface area contributed by atoms with Gasteiger partial charge in [0.05, 0.1) is 0 Å². The lowest BCUT2D eigenvalue weighted by Crippen LogP contribution is -1.75. The summed E-state index contributed by atoms with van der Waals surface area (Å²) >= 11 is 0. The summed E-state index contributed by atoms with van der Waals surface area (Å²) in [4.78, 5) is 0. The minimum Gasteiger partial charge on any atom is -0.324 e. The van der Waals surface area contributed by atoms with E-state index in [-0.39, 0.29) is 0 Å². The Balaban J connectivity index is 0.000000124. The number of hydrogen-bond donors (Lipinski definition) is 0. The minimum atomic E-state index is 1.25. The van der Waals surface area contributed by atoms with Crippen molar-refractivity contribution in [3.05, 3.63) is 79.1 Å². The van der Waals surface area contributed by atoms with Crippen molar-refractivity contribution in [3.63, 3.8) is 0 Å². The molecule has 1 heteroatoms. The first-order valence-electron chi connectivity index (χ1n) is 4.98. The summed E-state index contributed by atoms with van der Waals surface area (Å²) in [5, 5.41) is 0. The van der Waals surface area contributed by atoms with Gasteiger partial charge in [-0.3, -0.25) is 0 Å². The number of fused-ring (bicyclic) bond motifs is 1. The van der Waals surface area contributed by atoms with Crippen LogP contribution in [0.2, 0.25) is 0 Å². The van der Waals surface area contributed by atoms with Crippen molar-refractivity contribution in [1.82, 2.24) is 4.40 Å². The highest BCUT2D eigenvalue weighted by Gasteiger charge is 1.83. The maximum Gasteiger partial charge on any atom is 0.0449 e. The molecule has 0 N–H and O–H groups in total. The highest BCUT2D eigenvalue weighted by atomic mass is 14.8. The molecule has 74 valence electrons. The van der Waals surface area contributed by atoms with Crippen LogP contribution in [0, 0.1) is 0 Å². The molecule has 0 saturated heterocycles. The Bertz CT molecular complexity index is 440. The van der Waals surface area contributed by atoms with Gasteiger partial charge in [0, 0.05) is 17.9 Å². The summed E-state index contributed by atoms with van der Waals surface area (Å²) in [5.41, 5.74) is 1.25. The summed E-state index contributed by atoms with van der Waals surface area (Å²) < 4.78 is 2.08. The van der Waals surface area contributed by atoms with Crippen LogP contribution < -0.4 is 0 Å². The van der Waals surface area contributed by atoms with E-state index in [1.54, 1.807) is 0 Å². The zero-order valence-corrected chi connectivity index (χ0v) is 8.45. The molecule has 0 unspecified atom stereocenters. The van der Waals surface area contributed by atoms with Gasteiger partial charge in [-0.25, -0.2) is 0 Å². The highest BCUT2D eigenvalue weighted by Crippen LogP contribution is 2.01. The van der Waals surface area contributed by atoms with Crippen molar-refractivity contribution in [2.45, 2.75) is 0 Å². The van der Waals surface area contributed by atoms with Gasteiger partial charge in [0.25, 0.3) is 0 Å². The molecular formula is C14H13N. The van der Waals surface area contributed by atoms with Gasteiger partial charge in [0.1, 0.15) is 0 Å². The molecule has 0 radical (unpaired) electrons. The normalized spacial score (nSPS) is 9.33. The van der Waals surface area contributed by atoms with Gasteiger partial charge in [0.2, 0.25) is 0 Å². The van der Waals surface area contributed by atoms with E-state index < -0.39 is 0 Å². The van der Waals surface area contributed by atoms with E-state index in [2.05, 4.69) is 16.5 Å². The van der Waals surface area contributed by atoms with Gasteiger partial charge in [0.15, 0.2) is 0 Å². The third-order valence-corrected chi connectivity index (χ3v) is 2.10. The molecule has 0 saturated carbocycles. The van der Waals surface area contributed by atoms with Crippen molar-refractivity contribution in [2.24, 2.45) is 0 Å². The standard InChI is InChI=1S/C8H7N.C6H6/c1-2-6-9-7-3-5-8(9)4-1;1-2-4-6-5-3-1/h1-7H;1-6H. The molecule has 1 nitrogen and oxygen atoms in total. The first-order valence-corrected chi connectivity index (χ1v) is 4.98. The summed E-state index contributed by atoms with van der Waals surface area (Å²) in [6.45, 7) is 0. The van der Waals surface area contributed by atoms with E-state index in [1.807, 2.05) is 67.0 Å². The monoisotopic (exact) mass is 195 g/mol. The molecule has 0 aliphatic rings. The molecule has 3 rings (SSSR count). The molecule has 2 aromatic heterocycles. The molecule has 0 aliphatic heterocycles. The zero-order valence-electron chi connectivity index (χ0n) is 8.45. The predicted octanol–water partition coefficient (Wildman–Crippen LogP) is 3.63. The molecule has 2 heterocycles. The molecule has 15 heavy (non-hydrogen) atoms. The second-order valence-corrected chi connectivity index (χ2v) is 3.20. The lowest BCUT2D eigenvalue weighted by molar-refractivity contribution is 1.20. The van der Waals surface area contributed by atoms with Crippen LogP contribution in [0.25, 0.3) is 5.52 Å². The summed E-state index contributed by atoms with van der Waals surface area (Å²) in [5.74, 6) is 0. The molecule has 0 amide bonds. The fourth-order valence-corrected chi connectivity index (χ4v) is 1.37.